The SMILES string of the molecule is CCN(CCC(=O)O)C(=O)c1ccc(C(F)(F)F)nc1C. The Labute approximate surface area is 119 Å². The summed E-state index contributed by atoms with van der Waals surface area (Å²) < 4.78 is 37.5. The van der Waals surface area contributed by atoms with Gasteiger partial charge in [0, 0.05) is 13.1 Å². The number of carboxylic acid groups (broad SMARTS) is 1. The standard InChI is InChI=1S/C13H15F3N2O3/c1-3-18(7-6-11(19)20)12(21)9-4-5-10(13(14,15)16)17-8(9)2/h4-5H,3,6-7H2,1-2H3,(H,19,20). The highest BCUT2D eigenvalue weighted by molar-refractivity contribution is 5.95. The summed E-state index contributed by atoms with van der Waals surface area (Å²) in [6, 6.07) is 1.81. The summed E-state index contributed by atoms with van der Waals surface area (Å²) >= 11 is 0. The van der Waals surface area contributed by atoms with Crippen LogP contribution in [0.2, 0.25) is 0 Å². The zero-order chi connectivity index (χ0) is 16.2. The molecule has 1 rings (SSSR count). The lowest BCUT2D eigenvalue weighted by Crippen LogP contribution is -2.33. The van der Waals surface area contributed by atoms with E-state index in [0.29, 0.717) is 0 Å². The average molecular weight is 304 g/mol. The van der Waals surface area contributed by atoms with Gasteiger partial charge in [-0.2, -0.15) is 13.2 Å². The molecule has 0 aromatic carbocycles. The number of aliphatic carboxylic acids is 1. The van der Waals surface area contributed by atoms with Crippen molar-refractivity contribution in [3.05, 3.63) is 29.1 Å². The van der Waals surface area contributed by atoms with Crippen molar-refractivity contribution < 1.29 is 27.9 Å². The number of rotatable bonds is 5. The van der Waals surface area contributed by atoms with Crippen LogP contribution in [0, 0.1) is 6.92 Å². The monoisotopic (exact) mass is 304 g/mol. The van der Waals surface area contributed by atoms with Gasteiger partial charge < -0.3 is 10.0 Å². The molecule has 1 N–H and O–H groups in total. The molecule has 0 fully saturated rings. The Hall–Kier alpha value is -2.12. The van der Waals surface area contributed by atoms with Crippen LogP contribution >= 0.6 is 0 Å². The minimum Gasteiger partial charge on any atom is -0.481 e. The van der Waals surface area contributed by atoms with E-state index in [-0.39, 0.29) is 30.8 Å². The minimum atomic E-state index is -4.57. The molecule has 0 bridgehead atoms. The summed E-state index contributed by atoms with van der Waals surface area (Å²) in [6.07, 6.45) is -4.80. The maximum absolute atomic E-state index is 12.5. The Kier molecular flexibility index (Phi) is 5.28. The number of carboxylic acids is 1. The summed E-state index contributed by atoms with van der Waals surface area (Å²) in [5.74, 6) is -1.58. The predicted octanol–water partition coefficient (Wildman–Crippen LogP) is 2.35. The van der Waals surface area contributed by atoms with Gasteiger partial charge in [-0.05, 0) is 26.0 Å². The number of hydrogen-bond acceptors (Lipinski definition) is 3. The molecule has 5 nitrogen and oxygen atoms in total. The quantitative estimate of drug-likeness (QED) is 0.906. The van der Waals surface area contributed by atoms with Crippen LogP contribution in [-0.2, 0) is 11.0 Å². The number of carbonyl (C=O) groups is 2. The van der Waals surface area contributed by atoms with Crippen molar-refractivity contribution in [2.75, 3.05) is 13.1 Å². The Morgan fingerprint density at radius 3 is 2.38 bits per heavy atom. The Bertz CT molecular complexity index is 544. The molecule has 0 aliphatic rings. The van der Waals surface area contributed by atoms with E-state index in [0.717, 1.165) is 12.1 Å². The van der Waals surface area contributed by atoms with Crippen molar-refractivity contribution in [1.82, 2.24) is 9.88 Å². The Morgan fingerprint density at radius 2 is 1.95 bits per heavy atom. The van der Waals surface area contributed by atoms with Crippen molar-refractivity contribution in [1.29, 1.82) is 0 Å². The van der Waals surface area contributed by atoms with E-state index >= 15 is 0 Å². The highest BCUT2D eigenvalue weighted by Gasteiger charge is 2.33. The number of pyridine rings is 1. The first-order valence-corrected chi connectivity index (χ1v) is 6.22. The van der Waals surface area contributed by atoms with Crippen molar-refractivity contribution >= 4 is 11.9 Å². The molecule has 1 aromatic heterocycles. The van der Waals surface area contributed by atoms with E-state index in [2.05, 4.69) is 4.98 Å². The van der Waals surface area contributed by atoms with Gasteiger partial charge in [0.2, 0.25) is 0 Å². The van der Waals surface area contributed by atoms with E-state index in [1.54, 1.807) is 6.92 Å². The van der Waals surface area contributed by atoms with Gasteiger partial charge in [-0.3, -0.25) is 9.59 Å². The Morgan fingerprint density at radius 1 is 1.33 bits per heavy atom. The molecule has 0 aliphatic heterocycles. The highest BCUT2D eigenvalue weighted by Crippen LogP contribution is 2.28. The molecular weight excluding hydrogens is 289 g/mol. The van der Waals surface area contributed by atoms with Crippen LogP contribution < -0.4 is 0 Å². The third kappa shape index (κ3) is 4.44. The maximum Gasteiger partial charge on any atom is 0.433 e. The van der Waals surface area contributed by atoms with Crippen molar-refractivity contribution in [3.8, 4) is 0 Å². The molecule has 116 valence electrons. The fraction of sp³-hybridized carbons (Fsp3) is 0.462. The molecule has 0 saturated carbocycles. The number of halogens is 3. The summed E-state index contributed by atoms with van der Waals surface area (Å²) in [4.78, 5) is 27.4. The summed E-state index contributed by atoms with van der Waals surface area (Å²) in [6.45, 7) is 3.22. The third-order valence-electron chi connectivity index (χ3n) is 2.87. The number of amides is 1. The second-order valence-electron chi connectivity index (χ2n) is 4.36. The van der Waals surface area contributed by atoms with E-state index in [1.165, 1.54) is 11.8 Å². The normalized spacial score (nSPS) is 11.3. The fourth-order valence-electron chi connectivity index (χ4n) is 1.75. The molecule has 21 heavy (non-hydrogen) atoms. The molecule has 8 heteroatoms. The van der Waals surface area contributed by atoms with E-state index in [4.69, 9.17) is 5.11 Å². The zero-order valence-corrected chi connectivity index (χ0v) is 11.6. The Balaban J connectivity index is 2.98. The zero-order valence-electron chi connectivity index (χ0n) is 11.6. The van der Waals surface area contributed by atoms with Crippen LogP contribution in [0.4, 0.5) is 13.2 Å². The van der Waals surface area contributed by atoms with Crippen LogP contribution in [0.1, 0.15) is 35.1 Å². The van der Waals surface area contributed by atoms with E-state index in [9.17, 15) is 22.8 Å². The minimum absolute atomic E-state index is 0.00880. The van der Waals surface area contributed by atoms with Crippen LogP contribution in [0.15, 0.2) is 12.1 Å². The topological polar surface area (TPSA) is 70.5 Å². The first-order chi connectivity index (χ1) is 9.66. The van der Waals surface area contributed by atoms with Crippen molar-refractivity contribution in [3.63, 3.8) is 0 Å². The summed E-state index contributed by atoms with van der Waals surface area (Å²) in [7, 11) is 0. The number of nitrogens with zero attached hydrogens (tertiary/aromatic N) is 2. The summed E-state index contributed by atoms with van der Waals surface area (Å²) in [5, 5.41) is 8.62. The molecule has 1 heterocycles. The van der Waals surface area contributed by atoms with E-state index < -0.39 is 23.7 Å². The predicted molar refractivity (Wildman–Crippen MR) is 67.8 cm³/mol. The second-order valence-corrected chi connectivity index (χ2v) is 4.36. The van der Waals surface area contributed by atoms with Gasteiger partial charge in [-0.15, -0.1) is 0 Å². The molecule has 0 spiro atoms. The van der Waals surface area contributed by atoms with Crippen LogP contribution in [0.5, 0.6) is 0 Å². The fourth-order valence-corrected chi connectivity index (χ4v) is 1.75. The molecule has 1 aromatic rings. The van der Waals surface area contributed by atoms with E-state index in [1.807, 2.05) is 0 Å². The molecule has 0 unspecified atom stereocenters. The number of aryl methyl sites for hydroxylation is 1. The maximum atomic E-state index is 12.5. The number of carbonyl (C=O) groups excluding carboxylic acids is 1. The lowest BCUT2D eigenvalue weighted by Gasteiger charge is -2.21. The van der Waals surface area contributed by atoms with Crippen molar-refractivity contribution in [2.24, 2.45) is 0 Å². The van der Waals surface area contributed by atoms with Gasteiger partial charge in [0.1, 0.15) is 5.69 Å². The summed E-state index contributed by atoms with van der Waals surface area (Å²) in [5.41, 5.74) is -1.07. The highest BCUT2D eigenvalue weighted by atomic mass is 19.4. The van der Waals surface area contributed by atoms with Gasteiger partial charge in [-0.1, -0.05) is 0 Å². The molecular formula is C13H15F3N2O3. The number of aromatic nitrogens is 1. The largest absolute Gasteiger partial charge is 0.481 e. The number of alkyl halides is 3. The van der Waals surface area contributed by atoms with Crippen LogP contribution in [-0.4, -0.2) is 40.0 Å². The first-order valence-electron chi connectivity index (χ1n) is 6.22. The average Bonchev–Trinajstić information content (AvgIpc) is 2.37. The molecule has 0 atom stereocenters. The molecule has 1 amide bonds. The van der Waals surface area contributed by atoms with Crippen molar-refractivity contribution in [2.45, 2.75) is 26.4 Å². The van der Waals surface area contributed by atoms with Gasteiger partial charge in [0.25, 0.3) is 5.91 Å². The van der Waals surface area contributed by atoms with Crippen LogP contribution in [0.25, 0.3) is 0 Å². The molecule has 0 aliphatic carbocycles. The number of hydrogen-bond donors (Lipinski definition) is 1. The first kappa shape index (κ1) is 16.9. The van der Waals surface area contributed by atoms with Gasteiger partial charge in [0.15, 0.2) is 0 Å². The van der Waals surface area contributed by atoms with Gasteiger partial charge >= 0.3 is 12.1 Å². The molecule has 0 saturated heterocycles. The second kappa shape index (κ2) is 6.55. The molecule has 0 radical (unpaired) electrons. The van der Waals surface area contributed by atoms with Gasteiger partial charge in [-0.25, -0.2) is 4.98 Å². The van der Waals surface area contributed by atoms with Gasteiger partial charge in [0.05, 0.1) is 17.7 Å². The third-order valence-corrected chi connectivity index (χ3v) is 2.87. The lowest BCUT2D eigenvalue weighted by molar-refractivity contribution is -0.141. The smallest absolute Gasteiger partial charge is 0.433 e. The lowest BCUT2D eigenvalue weighted by atomic mass is 10.1. The van der Waals surface area contributed by atoms with Crippen LogP contribution in [0.3, 0.4) is 0 Å².